The Labute approximate surface area is 300 Å². The van der Waals surface area contributed by atoms with E-state index in [4.69, 9.17) is 23.2 Å². The molecule has 6 N–H and O–H groups in total. The number of hydrogen-bond donors (Lipinski definition) is 6. The van der Waals surface area contributed by atoms with E-state index in [0.29, 0.717) is 33.4 Å². The SMILES string of the molecule is O=C(O)CN1CCN(CC(=O)O)CCN(C(CCCNC(=O)Cc2ccccc2Nc2c(Cl)cccc2Cl)C(=O)O)CCN(CC(=O)O)CC1. The average molecular weight is 740 g/mol. The molecule has 0 aromatic heterocycles. The van der Waals surface area contributed by atoms with Crippen molar-refractivity contribution < 1.29 is 44.4 Å². The van der Waals surface area contributed by atoms with Gasteiger partial charge in [-0.3, -0.25) is 43.6 Å². The van der Waals surface area contributed by atoms with Crippen LogP contribution < -0.4 is 10.6 Å². The van der Waals surface area contributed by atoms with Crippen molar-refractivity contribution in [3.63, 3.8) is 0 Å². The molecule has 15 nitrogen and oxygen atoms in total. The van der Waals surface area contributed by atoms with Gasteiger partial charge in [0.1, 0.15) is 6.04 Å². The van der Waals surface area contributed by atoms with Gasteiger partial charge in [0.05, 0.1) is 41.8 Å². The van der Waals surface area contributed by atoms with Gasteiger partial charge in [0, 0.05) is 64.6 Å². The zero-order chi connectivity index (χ0) is 36.6. The highest BCUT2D eigenvalue weighted by Gasteiger charge is 2.28. The number of halogens is 2. The number of amides is 1. The molecule has 0 saturated carbocycles. The number of carboxylic acids is 4. The first-order valence-electron chi connectivity index (χ1n) is 16.2. The van der Waals surface area contributed by atoms with E-state index in [2.05, 4.69) is 10.6 Å². The van der Waals surface area contributed by atoms with Gasteiger partial charge >= 0.3 is 23.9 Å². The van der Waals surface area contributed by atoms with Gasteiger partial charge in [-0.05, 0) is 36.6 Å². The lowest BCUT2D eigenvalue weighted by atomic mass is 10.1. The van der Waals surface area contributed by atoms with Crippen LogP contribution in [0.2, 0.25) is 10.0 Å². The molecule has 2 aromatic carbocycles. The minimum atomic E-state index is -1.09. The van der Waals surface area contributed by atoms with Crippen molar-refractivity contribution in [1.82, 2.24) is 24.9 Å². The van der Waals surface area contributed by atoms with Crippen LogP contribution >= 0.6 is 23.2 Å². The predicted molar refractivity (Wildman–Crippen MR) is 187 cm³/mol. The van der Waals surface area contributed by atoms with E-state index in [-0.39, 0.29) is 97.3 Å². The maximum absolute atomic E-state index is 12.9. The van der Waals surface area contributed by atoms with E-state index in [9.17, 15) is 44.4 Å². The van der Waals surface area contributed by atoms with E-state index in [1.165, 1.54) is 0 Å². The third-order valence-corrected chi connectivity index (χ3v) is 8.87. The molecule has 1 atom stereocenters. The largest absolute Gasteiger partial charge is 0.480 e. The highest BCUT2D eigenvalue weighted by atomic mass is 35.5. The summed E-state index contributed by atoms with van der Waals surface area (Å²) in [5.74, 6) is -4.56. The number of nitrogens with one attached hydrogen (secondary N) is 2. The second kappa shape index (κ2) is 20.6. The van der Waals surface area contributed by atoms with Crippen LogP contribution in [0.3, 0.4) is 0 Å². The highest BCUT2D eigenvalue weighted by molar-refractivity contribution is 6.39. The Bertz CT molecular complexity index is 1430. The molecule has 1 heterocycles. The molecule has 1 amide bonds. The van der Waals surface area contributed by atoms with Gasteiger partial charge in [-0.2, -0.15) is 0 Å². The van der Waals surface area contributed by atoms with Crippen LogP contribution in [0.5, 0.6) is 0 Å². The lowest BCUT2D eigenvalue weighted by Crippen LogP contribution is -2.51. The van der Waals surface area contributed by atoms with Crippen molar-refractivity contribution in [2.75, 3.05) is 83.9 Å². The number of hydrogen-bond acceptors (Lipinski definition) is 10. The number of rotatable bonds is 16. The third kappa shape index (κ3) is 14.1. The number of carbonyl (C=O) groups is 5. The predicted octanol–water partition coefficient (Wildman–Crippen LogP) is 2.10. The molecule has 0 spiro atoms. The first kappa shape index (κ1) is 40.4. The molecule has 0 aliphatic carbocycles. The molecule has 3 rings (SSSR count). The molecule has 2 aromatic rings. The lowest BCUT2D eigenvalue weighted by molar-refractivity contribution is -0.145. The molecule has 50 heavy (non-hydrogen) atoms. The molecule has 1 unspecified atom stereocenters. The van der Waals surface area contributed by atoms with Crippen LogP contribution in [-0.4, -0.2) is 154 Å². The van der Waals surface area contributed by atoms with Gasteiger partial charge in [-0.25, -0.2) is 0 Å². The zero-order valence-electron chi connectivity index (χ0n) is 27.6. The molecular formula is C33H44Cl2N6O9. The van der Waals surface area contributed by atoms with Crippen molar-refractivity contribution in [3.05, 3.63) is 58.1 Å². The minimum absolute atomic E-state index is 0.0441. The summed E-state index contributed by atoms with van der Waals surface area (Å²) in [7, 11) is 0. The van der Waals surface area contributed by atoms with Gasteiger partial charge in [-0.1, -0.05) is 47.5 Å². The van der Waals surface area contributed by atoms with E-state index in [0.717, 1.165) is 0 Å². The molecule has 0 radical (unpaired) electrons. The van der Waals surface area contributed by atoms with Crippen LogP contribution in [0.1, 0.15) is 18.4 Å². The van der Waals surface area contributed by atoms with Gasteiger partial charge in [0.15, 0.2) is 0 Å². The number of anilines is 2. The summed E-state index contributed by atoms with van der Waals surface area (Å²) in [6.45, 7) is 0.949. The van der Waals surface area contributed by atoms with E-state index >= 15 is 0 Å². The molecule has 1 saturated heterocycles. The Hall–Kier alpha value is -3.99. The van der Waals surface area contributed by atoms with E-state index in [1.54, 1.807) is 56.0 Å². The number of carbonyl (C=O) groups excluding carboxylic acids is 1. The van der Waals surface area contributed by atoms with Crippen molar-refractivity contribution in [2.45, 2.75) is 25.3 Å². The normalized spacial score (nSPS) is 16.4. The zero-order valence-corrected chi connectivity index (χ0v) is 29.1. The fourth-order valence-electron chi connectivity index (χ4n) is 5.68. The number of aliphatic carboxylic acids is 4. The number of benzene rings is 2. The summed E-state index contributed by atoms with van der Waals surface area (Å²) in [5, 5.41) is 45.4. The second-order valence-corrected chi connectivity index (χ2v) is 12.8. The number of para-hydroxylation sites is 2. The van der Waals surface area contributed by atoms with Gasteiger partial charge < -0.3 is 31.1 Å². The first-order chi connectivity index (χ1) is 23.8. The Balaban J connectivity index is 1.65. The lowest BCUT2D eigenvalue weighted by Gasteiger charge is -2.35. The monoisotopic (exact) mass is 738 g/mol. The van der Waals surface area contributed by atoms with Crippen molar-refractivity contribution >= 4 is 64.4 Å². The molecule has 17 heteroatoms. The summed E-state index contributed by atoms with van der Waals surface area (Å²) in [6, 6.07) is 11.4. The Morgan fingerprint density at radius 2 is 1.16 bits per heavy atom. The third-order valence-electron chi connectivity index (χ3n) is 8.24. The Morgan fingerprint density at radius 1 is 0.680 bits per heavy atom. The van der Waals surface area contributed by atoms with Crippen LogP contribution in [0, 0.1) is 0 Å². The van der Waals surface area contributed by atoms with Crippen molar-refractivity contribution in [3.8, 4) is 0 Å². The van der Waals surface area contributed by atoms with Crippen LogP contribution in [0.4, 0.5) is 11.4 Å². The van der Waals surface area contributed by atoms with Crippen molar-refractivity contribution in [2.24, 2.45) is 0 Å². The maximum Gasteiger partial charge on any atom is 0.320 e. The average Bonchev–Trinajstić information content (AvgIpc) is 3.03. The number of carboxylic acid groups (broad SMARTS) is 4. The van der Waals surface area contributed by atoms with Crippen molar-refractivity contribution in [1.29, 1.82) is 0 Å². The summed E-state index contributed by atoms with van der Waals surface area (Å²) >= 11 is 12.6. The summed E-state index contributed by atoms with van der Waals surface area (Å²) < 4.78 is 0. The van der Waals surface area contributed by atoms with E-state index in [1.807, 2.05) is 6.07 Å². The fourth-order valence-corrected chi connectivity index (χ4v) is 6.17. The standard InChI is InChI=1S/C33H44Cl2N6O9/c34-24-6-3-7-25(35)32(24)37-26-8-2-1-5-23(26)19-28(42)36-10-4-9-27(33(49)50)41-17-15-39(21-30(45)46)13-11-38(20-29(43)44)12-14-40(16-18-41)22-31(47)48/h1-3,5-8,27,37H,4,9-22H2,(H,36,42)(H,43,44)(H,45,46)(H,47,48)(H,49,50). The minimum Gasteiger partial charge on any atom is -0.480 e. The molecule has 1 aliphatic heterocycles. The molecule has 274 valence electrons. The molecule has 1 aliphatic rings. The summed E-state index contributed by atoms with van der Waals surface area (Å²) in [5.41, 5.74) is 1.87. The maximum atomic E-state index is 12.9. The fraction of sp³-hybridized carbons (Fsp3) is 0.485. The first-order valence-corrected chi connectivity index (χ1v) is 16.9. The number of nitrogens with zero attached hydrogens (tertiary/aromatic N) is 4. The smallest absolute Gasteiger partial charge is 0.320 e. The summed E-state index contributed by atoms with van der Waals surface area (Å²) in [4.78, 5) is 66.6. The van der Waals surface area contributed by atoms with E-state index < -0.39 is 29.9 Å². The van der Waals surface area contributed by atoms with Crippen LogP contribution in [-0.2, 0) is 30.4 Å². The highest BCUT2D eigenvalue weighted by Crippen LogP contribution is 2.33. The summed E-state index contributed by atoms with van der Waals surface area (Å²) in [6.07, 6.45) is 0.543. The second-order valence-electron chi connectivity index (χ2n) is 11.9. The van der Waals surface area contributed by atoms with Gasteiger partial charge in [0.25, 0.3) is 0 Å². The molecule has 1 fully saturated rings. The molecule has 0 bridgehead atoms. The quantitative estimate of drug-likeness (QED) is 0.137. The van der Waals surface area contributed by atoms with Gasteiger partial charge in [0.2, 0.25) is 5.91 Å². The topological polar surface area (TPSA) is 203 Å². The van der Waals surface area contributed by atoms with Crippen LogP contribution in [0.15, 0.2) is 42.5 Å². The van der Waals surface area contributed by atoms with Crippen LogP contribution in [0.25, 0.3) is 0 Å². The van der Waals surface area contributed by atoms with Gasteiger partial charge in [-0.15, -0.1) is 0 Å². The Morgan fingerprint density at radius 3 is 1.64 bits per heavy atom. The Kier molecular flexibility index (Phi) is 16.7. The molecular weight excluding hydrogens is 695 g/mol.